The SMILES string of the molecule is CCC(C)NC(=O)CCNc1cc(NC)nc(SC)n1. The minimum absolute atomic E-state index is 0.0554. The van der Waals surface area contributed by atoms with Crippen molar-refractivity contribution in [3.8, 4) is 0 Å². The van der Waals surface area contributed by atoms with Crippen molar-refractivity contribution in [3.05, 3.63) is 6.07 Å². The lowest BCUT2D eigenvalue weighted by Crippen LogP contribution is -2.33. The summed E-state index contributed by atoms with van der Waals surface area (Å²) in [4.78, 5) is 20.3. The van der Waals surface area contributed by atoms with E-state index < -0.39 is 0 Å². The van der Waals surface area contributed by atoms with E-state index in [9.17, 15) is 4.79 Å². The monoisotopic (exact) mass is 297 g/mol. The van der Waals surface area contributed by atoms with Gasteiger partial charge in [-0.15, -0.1) is 0 Å². The first-order valence-electron chi connectivity index (χ1n) is 6.73. The highest BCUT2D eigenvalue weighted by molar-refractivity contribution is 7.98. The van der Waals surface area contributed by atoms with E-state index in [2.05, 4.69) is 25.9 Å². The van der Waals surface area contributed by atoms with Crippen molar-refractivity contribution >= 4 is 29.3 Å². The van der Waals surface area contributed by atoms with Crippen LogP contribution in [-0.4, -0.2) is 41.8 Å². The van der Waals surface area contributed by atoms with Gasteiger partial charge in [0, 0.05) is 32.1 Å². The van der Waals surface area contributed by atoms with Crippen LogP contribution >= 0.6 is 11.8 Å². The molecule has 0 aliphatic carbocycles. The molecule has 1 aromatic heterocycles. The van der Waals surface area contributed by atoms with Gasteiger partial charge in [-0.25, -0.2) is 9.97 Å². The Bertz CT molecular complexity index is 419. The number of hydrogen-bond acceptors (Lipinski definition) is 6. The second-order valence-electron chi connectivity index (χ2n) is 4.43. The van der Waals surface area contributed by atoms with Crippen LogP contribution in [0.1, 0.15) is 26.7 Å². The van der Waals surface area contributed by atoms with E-state index in [4.69, 9.17) is 0 Å². The minimum Gasteiger partial charge on any atom is -0.373 e. The largest absolute Gasteiger partial charge is 0.373 e. The average molecular weight is 297 g/mol. The smallest absolute Gasteiger partial charge is 0.221 e. The summed E-state index contributed by atoms with van der Waals surface area (Å²) in [5, 5.41) is 9.77. The van der Waals surface area contributed by atoms with Gasteiger partial charge in [0.15, 0.2) is 5.16 Å². The van der Waals surface area contributed by atoms with E-state index >= 15 is 0 Å². The molecule has 6 nitrogen and oxygen atoms in total. The quantitative estimate of drug-likeness (QED) is 0.503. The highest BCUT2D eigenvalue weighted by Gasteiger charge is 2.06. The molecule has 7 heteroatoms. The van der Waals surface area contributed by atoms with Crippen LogP contribution in [0.5, 0.6) is 0 Å². The first-order chi connectivity index (χ1) is 9.58. The highest BCUT2D eigenvalue weighted by atomic mass is 32.2. The van der Waals surface area contributed by atoms with Crippen LogP contribution in [0.4, 0.5) is 11.6 Å². The Labute approximate surface area is 124 Å². The fourth-order valence-electron chi connectivity index (χ4n) is 1.49. The third kappa shape index (κ3) is 5.64. The van der Waals surface area contributed by atoms with Crippen molar-refractivity contribution in [1.82, 2.24) is 15.3 Å². The molecule has 1 atom stereocenters. The summed E-state index contributed by atoms with van der Waals surface area (Å²) < 4.78 is 0. The van der Waals surface area contributed by atoms with Gasteiger partial charge in [-0.2, -0.15) is 0 Å². The summed E-state index contributed by atoms with van der Waals surface area (Å²) in [5.74, 6) is 1.54. The number of rotatable bonds is 8. The van der Waals surface area contributed by atoms with Gasteiger partial charge in [-0.3, -0.25) is 4.79 Å². The van der Waals surface area contributed by atoms with Gasteiger partial charge >= 0.3 is 0 Å². The Hall–Kier alpha value is -1.50. The molecule has 0 aliphatic rings. The van der Waals surface area contributed by atoms with Crippen LogP contribution in [0, 0.1) is 0 Å². The molecule has 0 aliphatic heterocycles. The molecule has 0 saturated carbocycles. The van der Waals surface area contributed by atoms with Crippen molar-refractivity contribution in [2.45, 2.75) is 37.9 Å². The number of nitrogens with zero attached hydrogens (tertiary/aromatic N) is 2. The van der Waals surface area contributed by atoms with E-state index in [0.717, 1.165) is 18.1 Å². The third-order valence-corrected chi connectivity index (χ3v) is 3.37. The third-order valence-electron chi connectivity index (χ3n) is 2.82. The van der Waals surface area contributed by atoms with Gasteiger partial charge in [-0.1, -0.05) is 18.7 Å². The summed E-state index contributed by atoms with van der Waals surface area (Å²) in [6.45, 7) is 4.60. The molecular formula is C13H23N5OS. The van der Waals surface area contributed by atoms with Gasteiger partial charge < -0.3 is 16.0 Å². The molecule has 1 amide bonds. The number of carbonyl (C=O) groups is 1. The molecule has 1 heterocycles. The van der Waals surface area contributed by atoms with Crippen molar-refractivity contribution in [2.24, 2.45) is 0 Å². The maximum absolute atomic E-state index is 11.6. The molecule has 1 rings (SSSR count). The summed E-state index contributed by atoms with van der Waals surface area (Å²) in [6.07, 6.45) is 3.30. The maximum Gasteiger partial charge on any atom is 0.221 e. The Morgan fingerprint density at radius 3 is 2.70 bits per heavy atom. The zero-order valence-corrected chi connectivity index (χ0v) is 13.3. The Kier molecular flexibility index (Phi) is 7.14. The number of anilines is 2. The molecule has 0 fully saturated rings. The van der Waals surface area contributed by atoms with Crippen molar-refractivity contribution in [1.29, 1.82) is 0 Å². The Balaban J connectivity index is 2.47. The summed E-state index contributed by atoms with van der Waals surface area (Å²) >= 11 is 1.48. The number of hydrogen-bond donors (Lipinski definition) is 3. The van der Waals surface area contributed by atoms with Crippen LogP contribution in [0.15, 0.2) is 11.2 Å². The van der Waals surface area contributed by atoms with Crippen molar-refractivity contribution in [2.75, 3.05) is 30.5 Å². The van der Waals surface area contributed by atoms with Gasteiger partial charge in [-0.05, 0) is 19.6 Å². The van der Waals surface area contributed by atoms with Gasteiger partial charge in [0.05, 0.1) is 0 Å². The normalized spacial score (nSPS) is 11.8. The second-order valence-corrected chi connectivity index (χ2v) is 5.20. The number of amides is 1. The van der Waals surface area contributed by atoms with E-state index in [1.165, 1.54) is 11.8 Å². The van der Waals surface area contributed by atoms with E-state index in [1.54, 1.807) is 0 Å². The van der Waals surface area contributed by atoms with Crippen LogP contribution in [0.25, 0.3) is 0 Å². The van der Waals surface area contributed by atoms with Crippen LogP contribution in [-0.2, 0) is 4.79 Å². The zero-order valence-electron chi connectivity index (χ0n) is 12.5. The average Bonchev–Trinajstić information content (AvgIpc) is 2.46. The Morgan fingerprint density at radius 2 is 2.10 bits per heavy atom. The fraction of sp³-hybridized carbons (Fsp3) is 0.615. The van der Waals surface area contributed by atoms with Gasteiger partial charge in [0.2, 0.25) is 5.91 Å². The van der Waals surface area contributed by atoms with Gasteiger partial charge in [0.1, 0.15) is 11.6 Å². The van der Waals surface area contributed by atoms with Crippen LogP contribution in [0.2, 0.25) is 0 Å². The lowest BCUT2D eigenvalue weighted by molar-refractivity contribution is -0.121. The minimum atomic E-state index is 0.0554. The van der Waals surface area contributed by atoms with Gasteiger partial charge in [0.25, 0.3) is 0 Å². The standard InChI is InChI=1S/C13H23N5OS/c1-5-9(2)16-12(19)6-7-15-11-8-10(14-3)17-13(18-11)20-4/h8-9H,5-7H2,1-4H3,(H,16,19)(H2,14,15,17,18). The zero-order chi connectivity index (χ0) is 15.0. The number of carbonyl (C=O) groups excluding carboxylic acids is 1. The molecular weight excluding hydrogens is 274 g/mol. The molecule has 0 saturated heterocycles. The summed E-state index contributed by atoms with van der Waals surface area (Å²) in [6, 6.07) is 2.05. The van der Waals surface area contributed by atoms with E-state index in [-0.39, 0.29) is 11.9 Å². The molecule has 1 aromatic rings. The summed E-state index contributed by atoms with van der Waals surface area (Å²) in [5.41, 5.74) is 0. The van der Waals surface area contributed by atoms with Crippen molar-refractivity contribution in [3.63, 3.8) is 0 Å². The second kappa shape index (κ2) is 8.63. The molecule has 112 valence electrons. The Morgan fingerprint density at radius 1 is 1.40 bits per heavy atom. The number of aromatic nitrogens is 2. The number of nitrogens with one attached hydrogen (secondary N) is 3. The molecule has 0 radical (unpaired) electrons. The van der Waals surface area contributed by atoms with Crippen molar-refractivity contribution < 1.29 is 4.79 Å². The number of thioether (sulfide) groups is 1. The highest BCUT2D eigenvalue weighted by Crippen LogP contribution is 2.16. The maximum atomic E-state index is 11.6. The molecule has 0 bridgehead atoms. The predicted octanol–water partition coefficient (Wildman–Crippen LogP) is 1.96. The topological polar surface area (TPSA) is 78.9 Å². The summed E-state index contributed by atoms with van der Waals surface area (Å²) in [7, 11) is 1.82. The van der Waals surface area contributed by atoms with Crippen LogP contribution < -0.4 is 16.0 Å². The predicted molar refractivity (Wildman–Crippen MR) is 84.4 cm³/mol. The first-order valence-corrected chi connectivity index (χ1v) is 7.95. The first kappa shape index (κ1) is 16.6. The molecule has 3 N–H and O–H groups in total. The molecule has 20 heavy (non-hydrogen) atoms. The van der Waals surface area contributed by atoms with Crippen LogP contribution in [0.3, 0.4) is 0 Å². The van der Waals surface area contributed by atoms with E-state index in [0.29, 0.717) is 18.1 Å². The van der Waals surface area contributed by atoms with E-state index in [1.807, 2.05) is 33.2 Å². The fourth-order valence-corrected chi connectivity index (χ4v) is 1.87. The molecule has 1 unspecified atom stereocenters. The lowest BCUT2D eigenvalue weighted by atomic mass is 10.2. The molecule has 0 aromatic carbocycles. The lowest BCUT2D eigenvalue weighted by Gasteiger charge is -2.12. The molecule has 0 spiro atoms.